The van der Waals surface area contributed by atoms with Crippen molar-refractivity contribution in [2.75, 3.05) is 6.61 Å². The highest BCUT2D eigenvalue weighted by Crippen LogP contribution is 2.25. The van der Waals surface area contributed by atoms with Crippen LogP contribution in [0, 0.1) is 0 Å². The molecule has 2 rings (SSSR count). The lowest BCUT2D eigenvalue weighted by molar-refractivity contribution is 0.0492. The Morgan fingerprint density at radius 1 is 1.60 bits per heavy atom. The fraction of sp³-hybridized carbons (Fsp3) is 0.200. The number of aromatic nitrogens is 1. The van der Waals surface area contributed by atoms with Crippen molar-refractivity contribution in [1.29, 1.82) is 0 Å². The molecule has 0 aliphatic rings. The zero-order valence-electron chi connectivity index (χ0n) is 7.99. The molecule has 0 aliphatic heterocycles. The van der Waals surface area contributed by atoms with E-state index in [2.05, 4.69) is 4.98 Å². The zero-order valence-corrected chi connectivity index (χ0v) is 8.75. The van der Waals surface area contributed by atoms with Gasteiger partial charge in [-0.2, -0.15) is 0 Å². The number of esters is 1. The van der Waals surface area contributed by atoms with Crippen LogP contribution in [-0.4, -0.2) is 17.6 Å². The molecule has 2 heterocycles. The molecule has 0 atom stereocenters. The number of pyridine rings is 1. The number of rotatable bonds is 2. The standard InChI is InChI=1S/C10H8ClNO3/c1-2-14-10(13)8-3-6-7(11)4-12-5-9(6)15-8/h3-5H,2H2,1H3. The van der Waals surface area contributed by atoms with E-state index in [1.807, 2.05) is 0 Å². The van der Waals surface area contributed by atoms with Gasteiger partial charge in [0.05, 0.1) is 17.8 Å². The quantitative estimate of drug-likeness (QED) is 0.738. The Kier molecular flexibility index (Phi) is 2.60. The monoisotopic (exact) mass is 225 g/mol. The Morgan fingerprint density at radius 3 is 3.07 bits per heavy atom. The molecule has 0 fully saturated rings. The van der Waals surface area contributed by atoms with Crippen molar-refractivity contribution in [3.8, 4) is 0 Å². The van der Waals surface area contributed by atoms with Crippen LogP contribution in [0.3, 0.4) is 0 Å². The third-order valence-corrected chi connectivity index (χ3v) is 2.18. The Bertz CT molecular complexity index is 506. The normalized spacial score (nSPS) is 10.5. The van der Waals surface area contributed by atoms with Crippen molar-refractivity contribution < 1.29 is 13.9 Å². The summed E-state index contributed by atoms with van der Waals surface area (Å²) in [6.45, 7) is 2.04. The summed E-state index contributed by atoms with van der Waals surface area (Å²) >= 11 is 5.88. The van der Waals surface area contributed by atoms with Crippen LogP contribution < -0.4 is 0 Å². The van der Waals surface area contributed by atoms with Crippen molar-refractivity contribution in [2.45, 2.75) is 6.92 Å². The van der Waals surface area contributed by atoms with E-state index in [1.54, 1.807) is 13.0 Å². The van der Waals surface area contributed by atoms with Gasteiger partial charge in [-0.1, -0.05) is 11.6 Å². The molecule has 0 aliphatic carbocycles. The minimum Gasteiger partial charge on any atom is -0.460 e. The molecule has 0 radical (unpaired) electrons. The number of ether oxygens (including phenoxy) is 1. The van der Waals surface area contributed by atoms with Crippen LogP contribution >= 0.6 is 11.6 Å². The first-order valence-electron chi connectivity index (χ1n) is 4.42. The topological polar surface area (TPSA) is 52.3 Å². The molecule has 0 amide bonds. The van der Waals surface area contributed by atoms with Crippen LogP contribution in [0.25, 0.3) is 11.0 Å². The van der Waals surface area contributed by atoms with E-state index >= 15 is 0 Å². The molecule has 0 bridgehead atoms. The molecule has 2 aromatic heterocycles. The van der Waals surface area contributed by atoms with Gasteiger partial charge < -0.3 is 9.15 Å². The summed E-state index contributed by atoms with van der Waals surface area (Å²) in [5.74, 6) is -0.355. The van der Waals surface area contributed by atoms with Gasteiger partial charge in [-0.05, 0) is 6.92 Å². The molecule has 78 valence electrons. The summed E-state index contributed by atoms with van der Waals surface area (Å²) in [7, 11) is 0. The zero-order chi connectivity index (χ0) is 10.8. The molecule has 0 aromatic carbocycles. The number of halogens is 1. The summed E-state index contributed by atoms with van der Waals surface area (Å²) < 4.78 is 10.0. The third-order valence-electron chi connectivity index (χ3n) is 1.87. The van der Waals surface area contributed by atoms with Gasteiger partial charge in [0.25, 0.3) is 0 Å². The van der Waals surface area contributed by atoms with Crippen molar-refractivity contribution in [3.05, 3.63) is 29.2 Å². The largest absolute Gasteiger partial charge is 0.460 e. The summed E-state index contributed by atoms with van der Waals surface area (Å²) in [6.07, 6.45) is 3.00. The summed E-state index contributed by atoms with van der Waals surface area (Å²) in [4.78, 5) is 15.2. The molecule has 5 heteroatoms. The van der Waals surface area contributed by atoms with Gasteiger partial charge in [0, 0.05) is 17.6 Å². The third kappa shape index (κ3) is 1.80. The molecule has 15 heavy (non-hydrogen) atoms. The van der Waals surface area contributed by atoms with E-state index in [0.29, 0.717) is 22.6 Å². The van der Waals surface area contributed by atoms with E-state index in [1.165, 1.54) is 12.4 Å². The first kappa shape index (κ1) is 9.98. The van der Waals surface area contributed by atoms with Crippen LogP contribution in [0.5, 0.6) is 0 Å². The minimum atomic E-state index is -0.496. The highest BCUT2D eigenvalue weighted by molar-refractivity contribution is 6.35. The minimum absolute atomic E-state index is 0.141. The maximum Gasteiger partial charge on any atom is 0.374 e. The molecular formula is C10H8ClNO3. The van der Waals surface area contributed by atoms with Crippen molar-refractivity contribution in [2.24, 2.45) is 0 Å². The summed E-state index contributed by atoms with van der Waals surface area (Å²) in [6, 6.07) is 1.55. The Morgan fingerprint density at radius 2 is 2.40 bits per heavy atom. The van der Waals surface area contributed by atoms with E-state index in [-0.39, 0.29) is 5.76 Å². The lowest BCUT2D eigenvalue weighted by Crippen LogP contribution is -2.02. The highest BCUT2D eigenvalue weighted by atomic mass is 35.5. The number of carbonyl (C=O) groups excluding carboxylic acids is 1. The van der Waals surface area contributed by atoms with Gasteiger partial charge in [0.15, 0.2) is 5.58 Å². The van der Waals surface area contributed by atoms with Crippen LogP contribution in [0.2, 0.25) is 5.02 Å². The second kappa shape index (κ2) is 3.90. The van der Waals surface area contributed by atoms with Gasteiger partial charge in [-0.3, -0.25) is 4.98 Å². The van der Waals surface area contributed by atoms with Gasteiger partial charge in [0.1, 0.15) is 0 Å². The number of nitrogens with zero attached hydrogens (tertiary/aromatic N) is 1. The van der Waals surface area contributed by atoms with Crippen LogP contribution in [0.1, 0.15) is 17.5 Å². The lowest BCUT2D eigenvalue weighted by atomic mass is 10.3. The first-order valence-corrected chi connectivity index (χ1v) is 4.80. The van der Waals surface area contributed by atoms with Crippen molar-refractivity contribution in [1.82, 2.24) is 4.98 Å². The number of hydrogen-bond acceptors (Lipinski definition) is 4. The average molecular weight is 226 g/mol. The van der Waals surface area contributed by atoms with Crippen molar-refractivity contribution in [3.63, 3.8) is 0 Å². The lowest BCUT2D eigenvalue weighted by Gasteiger charge is -1.95. The molecule has 0 spiro atoms. The Balaban J connectivity index is 2.47. The van der Waals surface area contributed by atoms with Crippen molar-refractivity contribution >= 4 is 28.5 Å². The maximum absolute atomic E-state index is 11.3. The second-order valence-corrected chi connectivity index (χ2v) is 3.27. The number of furan rings is 1. The number of fused-ring (bicyclic) bond motifs is 1. The highest BCUT2D eigenvalue weighted by Gasteiger charge is 2.14. The second-order valence-electron chi connectivity index (χ2n) is 2.86. The summed E-state index contributed by atoms with van der Waals surface area (Å²) in [5.41, 5.74) is 0.477. The molecule has 0 N–H and O–H groups in total. The average Bonchev–Trinajstić information content (AvgIpc) is 2.63. The van der Waals surface area contributed by atoms with Gasteiger partial charge in [-0.15, -0.1) is 0 Å². The fourth-order valence-electron chi connectivity index (χ4n) is 1.23. The van der Waals surface area contributed by atoms with E-state index in [9.17, 15) is 4.79 Å². The Labute approximate surface area is 90.8 Å². The van der Waals surface area contributed by atoms with E-state index in [0.717, 1.165) is 0 Å². The van der Waals surface area contributed by atoms with Gasteiger partial charge in [0.2, 0.25) is 5.76 Å². The Hall–Kier alpha value is -1.55. The predicted molar refractivity (Wildman–Crippen MR) is 55.0 cm³/mol. The molecule has 0 saturated heterocycles. The molecule has 0 saturated carbocycles. The van der Waals surface area contributed by atoms with Gasteiger partial charge in [-0.25, -0.2) is 4.79 Å². The van der Waals surface area contributed by atoms with Crippen LogP contribution in [-0.2, 0) is 4.74 Å². The molecule has 4 nitrogen and oxygen atoms in total. The van der Waals surface area contributed by atoms with E-state index < -0.39 is 5.97 Å². The smallest absolute Gasteiger partial charge is 0.374 e. The van der Waals surface area contributed by atoms with Crippen LogP contribution in [0.4, 0.5) is 0 Å². The first-order chi connectivity index (χ1) is 7.22. The molecule has 2 aromatic rings. The van der Waals surface area contributed by atoms with E-state index in [4.69, 9.17) is 20.8 Å². The van der Waals surface area contributed by atoms with Crippen LogP contribution in [0.15, 0.2) is 22.9 Å². The SMILES string of the molecule is CCOC(=O)c1cc2c(Cl)cncc2o1. The molecule has 0 unspecified atom stereocenters. The number of hydrogen-bond donors (Lipinski definition) is 0. The predicted octanol–water partition coefficient (Wildman–Crippen LogP) is 2.66. The van der Waals surface area contributed by atoms with Gasteiger partial charge >= 0.3 is 5.97 Å². The fourth-order valence-corrected chi connectivity index (χ4v) is 1.43. The molecular weight excluding hydrogens is 218 g/mol. The summed E-state index contributed by atoms with van der Waals surface area (Å²) in [5, 5.41) is 1.11. The number of carbonyl (C=O) groups is 1. The maximum atomic E-state index is 11.3.